The van der Waals surface area contributed by atoms with Gasteiger partial charge >= 0.3 is 0 Å². The highest BCUT2D eigenvalue weighted by Crippen LogP contribution is 2.28. The molecule has 4 nitrogen and oxygen atoms in total. The summed E-state index contributed by atoms with van der Waals surface area (Å²) in [5.74, 6) is -3.17. The number of aliphatic hydroxyl groups excluding tert-OH is 1. The number of hydrogen-bond acceptors (Lipinski definition) is 3. The van der Waals surface area contributed by atoms with Crippen LogP contribution < -0.4 is 0 Å². The molecule has 1 aliphatic rings. The van der Waals surface area contributed by atoms with E-state index < -0.39 is 17.5 Å². The van der Waals surface area contributed by atoms with Crippen LogP contribution in [0, 0.1) is 23.4 Å². The Hall–Kier alpha value is -1.89. The first kappa shape index (κ1) is 13.1. The van der Waals surface area contributed by atoms with Gasteiger partial charge in [0.25, 0.3) is 0 Å². The van der Waals surface area contributed by atoms with E-state index in [0.29, 0.717) is 18.8 Å². The minimum absolute atomic E-state index is 0.0112. The Morgan fingerprint density at radius 1 is 1.20 bits per heavy atom. The largest absolute Gasteiger partial charge is 0.396 e. The average Bonchev–Trinajstić information content (AvgIpc) is 2.88. The summed E-state index contributed by atoms with van der Waals surface area (Å²) >= 11 is 0. The highest BCUT2D eigenvalue weighted by Gasteiger charge is 2.25. The van der Waals surface area contributed by atoms with Crippen LogP contribution in [0.25, 0.3) is 11.4 Å². The lowest BCUT2D eigenvalue weighted by Crippen LogP contribution is -2.23. The van der Waals surface area contributed by atoms with E-state index in [2.05, 4.69) is 10.2 Å². The number of nitrogens with zero attached hydrogens (tertiary/aromatic N) is 3. The third kappa shape index (κ3) is 1.98. The minimum Gasteiger partial charge on any atom is -0.396 e. The zero-order valence-corrected chi connectivity index (χ0v) is 10.5. The predicted octanol–water partition coefficient (Wildman–Crippen LogP) is 1.92. The van der Waals surface area contributed by atoms with Gasteiger partial charge in [-0.15, -0.1) is 10.2 Å². The second-order valence-electron chi connectivity index (χ2n) is 4.86. The molecule has 2 aromatic rings. The Balaban J connectivity index is 2.09. The molecule has 1 unspecified atom stereocenters. The summed E-state index contributed by atoms with van der Waals surface area (Å²) in [5.41, 5.74) is -0.124. The topological polar surface area (TPSA) is 50.9 Å². The van der Waals surface area contributed by atoms with Crippen LogP contribution in [0.15, 0.2) is 12.1 Å². The molecule has 0 bridgehead atoms. The Bertz CT molecular complexity index is 657. The van der Waals surface area contributed by atoms with Crippen molar-refractivity contribution in [2.24, 2.45) is 5.92 Å². The molecule has 0 amide bonds. The molecule has 0 saturated heterocycles. The molecule has 106 valence electrons. The Kier molecular flexibility index (Phi) is 3.21. The molecule has 0 fully saturated rings. The fraction of sp³-hybridized carbons (Fsp3) is 0.385. The van der Waals surface area contributed by atoms with Crippen molar-refractivity contribution in [3.63, 3.8) is 0 Å². The van der Waals surface area contributed by atoms with E-state index in [0.717, 1.165) is 18.6 Å². The SMILES string of the molecule is OCC1CCc2nnc(-c3ccc(F)c(F)c3F)n2C1. The summed E-state index contributed by atoms with van der Waals surface area (Å²) in [6.45, 7) is 0.448. The zero-order valence-electron chi connectivity index (χ0n) is 10.5. The van der Waals surface area contributed by atoms with E-state index in [1.54, 1.807) is 4.57 Å². The molecule has 7 heteroatoms. The molecule has 1 N–H and O–H groups in total. The lowest BCUT2D eigenvalue weighted by Gasteiger charge is -2.22. The van der Waals surface area contributed by atoms with E-state index in [4.69, 9.17) is 0 Å². The van der Waals surface area contributed by atoms with Gasteiger partial charge in [-0.3, -0.25) is 0 Å². The zero-order chi connectivity index (χ0) is 14.3. The van der Waals surface area contributed by atoms with Crippen molar-refractivity contribution in [3.05, 3.63) is 35.4 Å². The van der Waals surface area contributed by atoms with E-state index in [1.807, 2.05) is 0 Å². The summed E-state index contributed by atoms with van der Waals surface area (Å²) in [5, 5.41) is 17.0. The first-order valence-corrected chi connectivity index (χ1v) is 6.28. The highest BCUT2D eigenvalue weighted by atomic mass is 19.2. The first-order valence-electron chi connectivity index (χ1n) is 6.28. The van der Waals surface area contributed by atoms with E-state index >= 15 is 0 Å². The van der Waals surface area contributed by atoms with Gasteiger partial charge < -0.3 is 9.67 Å². The fourth-order valence-electron chi connectivity index (χ4n) is 2.44. The first-order chi connectivity index (χ1) is 9.61. The lowest BCUT2D eigenvalue weighted by molar-refractivity contribution is 0.191. The number of benzene rings is 1. The van der Waals surface area contributed by atoms with Crippen LogP contribution in [0.3, 0.4) is 0 Å². The van der Waals surface area contributed by atoms with Gasteiger partial charge in [0.15, 0.2) is 23.3 Å². The Morgan fingerprint density at radius 2 is 2.00 bits per heavy atom. The van der Waals surface area contributed by atoms with E-state index in [1.165, 1.54) is 0 Å². The maximum Gasteiger partial charge on any atom is 0.195 e. The number of aryl methyl sites for hydroxylation is 1. The molecule has 2 heterocycles. The molecule has 1 aromatic heterocycles. The predicted molar refractivity (Wildman–Crippen MR) is 64.2 cm³/mol. The van der Waals surface area contributed by atoms with Crippen molar-refractivity contribution in [1.29, 1.82) is 0 Å². The third-order valence-electron chi connectivity index (χ3n) is 3.58. The van der Waals surface area contributed by atoms with Crippen molar-refractivity contribution in [1.82, 2.24) is 14.8 Å². The van der Waals surface area contributed by atoms with Crippen LogP contribution >= 0.6 is 0 Å². The normalized spacial score (nSPS) is 18.1. The van der Waals surface area contributed by atoms with Gasteiger partial charge in [0.2, 0.25) is 0 Å². The molecule has 0 aliphatic carbocycles. The van der Waals surface area contributed by atoms with Crippen LogP contribution in [0.5, 0.6) is 0 Å². The molecule has 1 aliphatic heterocycles. The van der Waals surface area contributed by atoms with Crippen molar-refractivity contribution in [2.45, 2.75) is 19.4 Å². The quantitative estimate of drug-likeness (QED) is 0.857. The average molecular weight is 283 g/mol. The van der Waals surface area contributed by atoms with Gasteiger partial charge in [0.05, 0.1) is 5.56 Å². The standard InChI is InChI=1S/C13H12F3N3O/c14-9-3-2-8(11(15)12(9)16)13-18-17-10-4-1-7(6-20)5-19(10)13/h2-3,7,20H,1,4-6H2. The van der Waals surface area contributed by atoms with Gasteiger partial charge in [0, 0.05) is 25.5 Å². The van der Waals surface area contributed by atoms with Crippen molar-refractivity contribution in [3.8, 4) is 11.4 Å². The molecule has 0 radical (unpaired) electrons. The van der Waals surface area contributed by atoms with Crippen LogP contribution in [0.2, 0.25) is 0 Å². The van der Waals surface area contributed by atoms with Crippen molar-refractivity contribution in [2.75, 3.05) is 6.61 Å². The Labute approximate surface area is 112 Å². The van der Waals surface area contributed by atoms with Gasteiger partial charge in [-0.25, -0.2) is 13.2 Å². The van der Waals surface area contributed by atoms with Gasteiger partial charge in [-0.05, 0) is 18.6 Å². The number of aromatic nitrogens is 3. The summed E-state index contributed by atoms with van der Waals surface area (Å²) < 4.78 is 41.8. The number of rotatable bonds is 2. The molecule has 0 saturated carbocycles. The number of halogens is 3. The smallest absolute Gasteiger partial charge is 0.195 e. The van der Waals surface area contributed by atoms with Gasteiger partial charge in [0.1, 0.15) is 5.82 Å². The third-order valence-corrected chi connectivity index (χ3v) is 3.58. The van der Waals surface area contributed by atoms with Crippen LogP contribution in [0.4, 0.5) is 13.2 Å². The molecule has 3 rings (SSSR count). The second-order valence-corrected chi connectivity index (χ2v) is 4.86. The second kappa shape index (κ2) is 4.90. The Morgan fingerprint density at radius 3 is 2.75 bits per heavy atom. The molecule has 0 spiro atoms. The minimum atomic E-state index is -1.52. The maximum atomic E-state index is 13.8. The monoisotopic (exact) mass is 283 g/mol. The number of aliphatic hydroxyl groups is 1. The van der Waals surface area contributed by atoms with E-state index in [9.17, 15) is 18.3 Å². The van der Waals surface area contributed by atoms with Crippen molar-refractivity contribution >= 4 is 0 Å². The van der Waals surface area contributed by atoms with Crippen LogP contribution in [0.1, 0.15) is 12.2 Å². The fourth-order valence-corrected chi connectivity index (χ4v) is 2.44. The molecular weight excluding hydrogens is 271 g/mol. The van der Waals surface area contributed by atoms with Gasteiger partial charge in [-0.2, -0.15) is 0 Å². The molecule has 20 heavy (non-hydrogen) atoms. The lowest BCUT2D eigenvalue weighted by atomic mass is 10.00. The summed E-state index contributed by atoms with van der Waals surface area (Å²) in [6.07, 6.45) is 1.39. The van der Waals surface area contributed by atoms with Crippen LogP contribution in [-0.4, -0.2) is 26.5 Å². The highest BCUT2D eigenvalue weighted by molar-refractivity contribution is 5.56. The molecule has 1 atom stereocenters. The molecular formula is C13H12F3N3O. The number of fused-ring (bicyclic) bond motifs is 1. The maximum absolute atomic E-state index is 13.8. The summed E-state index contributed by atoms with van der Waals surface area (Å²) in [7, 11) is 0. The summed E-state index contributed by atoms with van der Waals surface area (Å²) in [6, 6.07) is 2.01. The van der Waals surface area contributed by atoms with Crippen LogP contribution in [-0.2, 0) is 13.0 Å². The number of hydrogen-bond donors (Lipinski definition) is 1. The summed E-state index contributed by atoms with van der Waals surface area (Å²) in [4.78, 5) is 0. The van der Waals surface area contributed by atoms with Gasteiger partial charge in [-0.1, -0.05) is 0 Å². The van der Waals surface area contributed by atoms with E-state index in [-0.39, 0.29) is 23.9 Å². The molecule has 1 aromatic carbocycles. The van der Waals surface area contributed by atoms with Crippen molar-refractivity contribution < 1.29 is 18.3 Å².